The molecular formula is C24H27ClN2O3. The van der Waals surface area contributed by atoms with E-state index in [9.17, 15) is 9.59 Å². The Morgan fingerprint density at radius 1 is 1.03 bits per heavy atom. The number of nitrogens with zero attached hydrogens (tertiary/aromatic N) is 1. The van der Waals surface area contributed by atoms with E-state index in [0.717, 1.165) is 19.4 Å². The lowest BCUT2D eigenvalue weighted by Crippen LogP contribution is -2.49. The van der Waals surface area contributed by atoms with Crippen LogP contribution >= 0.6 is 11.6 Å². The molecule has 1 heterocycles. The number of halogens is 1. The highest BCUT2D eigenvalue weighted by Crippen LogP contribution is 2.37. The van der Waals surface area contributed by atoms with Gasteiger partial charge in [-0.2, -0.15) is 0 Å². The molecular weight excluding hydrogens is 400 g/mol. The molecule has 0 bridgehead atoms. The molecule has 2 aliphatic rings. The van der Waals surface area contributed by atoms with Crippen LogP contribution in [0, 0.1) is 5.92 Å². The highest BCUT2D eigenvalue weighted by Gasteiger charge is 2.36. The van der Waals surface area contributed by atoms with E-state index in [0.29, 0.717) is 39.5 Å². The zero-order valence-corrected chi connectivity index (χ0v) is 18.0. The van der Waals surface area contributed by atoms with Crippen molar-refractivity contribution in [2.75, 3.05) is 19.0 Å². The van der Waals surface area contributed by atoms with Crippen molar-refractivity contribution in [3.63, 3.8) is 0 Å². The van der Waals surface area contributed by atoms with E-state index in [-0.39, 0.29) is 11.8 Å². The molecule has 30 heavy (non-hydrogen) atoms. The second kappa shape index (κ2) is 9.09. The first-order chi connectivity index (χ1) is 14.6. The first-order valence-corrected chi connectivity index (χ1v) is 11.0. The lowest BCUT2D eigenvalue weighted by molar-refractivity contribution is 0.0388. The largest absolute Gasteiger partial charge is 0.496 e. The van der Waals surface area contributed by atoms with Crippen LogP contribution in [0.2, 0.25) is 5.02 Å². The number of rotatable bonds is 4. The molecule has 1 saturated carbocycles. The molecule has 0 unspecified atom stereocenters. The number of nitrogens with one attached hydrogen (secondary N) is 1. The second-order valence-electron chi connectivity index (χ2n) is 8.13. The topological polar surface area (TPSA) is 58.6 Å². The van der Waals surface area contributed by atoms with Gasteiger partial charge in [0.2, 0.25) is 0 Å². The Hall–Kier alpha value is -2.53. The van der Waals surface area contributed by atoms with Gasteiger partial charge in [-0.1, -0.05) is 24.4 Å². The quantitative estimate of drug-likeness (QED) is 0.712. The van der Waals surface area contributed by atoms with Gasteiger partial charge in [0, 0.05) is 34.9 Å². The van der Waals surface area contributed by atoms with Crippen molar-refractivity contribution in [3.8, 4) is 5.75 Å². The zero-order valence-electron chi connectivity index (χ0n) is 17.2. The number of likely N-dealkylation sites (tertiary alicyclic amines) is 1. The summed E-state index contributed by atoms with van der Waals surface area (Å²) >= 11 is 5.89. The van der Waals surface area contributed by atoms with E-state index >= 15 is 0 Å². The molecule has 1 aliphatic carbocycles. The highest BCUT2D eigenvalue weighted by atomic mass is 35.5. The third-order valence-electron chi connectivity index (χ3n) is 6.30. The van der Waals surface area contributed by atoms with Crippen molar-refractivity contribution in [3.05, 3.63) is 58.6 Å². The van der Waals surface area contributed by atoms with Crippen LogP contribution in [0.5, 0.6) is 5.75 Å². The Balaban J connectivity index is 1.52. The molecule has 2 atom stereocenters. The number of benzene rings is 2. The van der Waals surface area contributed by atoms with Crippen molar-refractivity contribution in [1.29, 1.82) is 0 Å². The third-order valence-corrected chi connectivity index (χ3v) is 6.55. The van der Waals surface area contributed by atoms with Crippen molar-refractivity contribution < 1.29 is 14.3 Å². The number of carbonyl (C=O) groups excluding carboxylic acids is 2. The van der Waals surface area contributed by atoms with Crippen LogP contribution in [0.15, 0.2) is 42.5 Å². The van der Waals surface area contributed by atoms with E-state index in [1.54, 1.807) is 49.6 Å². The Kier molecular flexibility index (Phi) is 6.28. The van der Waals surface area contributed by atoms with E-state index < -0.39 is 0 Å². The average Bonchev–Trinajstić information content (AvgIpc) is 2.78. The summed E-state index contributed by atoms with van der Waals surface area (Å²) in [5.74, 6) is 0.889. The molecule has 2 fully saturated rings. The minimum Gasteiger partial charge on any atom is -0.496 e. The monoisotopic (exact) mass is 426 g/mol. The number of carbonyl (C=O) groups is 2. The first kappa shape index (κ1) is 20.7. The summed E-state index contributed by atoms with van der Waals surface area (Å²) in [4.78, 5) is 27.9. The number of ether oxygens (including phenoxy) is 1. The molecule has 1 N–H and O–H groups in total. The van der Waals surface area contributed by atoms with Gasteiger partial charge < -0.3 is 15.0 Å². The Morgan fingerprint density at radius 2 is 1.77 bits per heavy atom. The lowest BCUT2D eigenvalue weighted by Gasteiger charge is -2.44. The molecule has 5 nitrogen and oxygen atoms in total. The van der Waals surface area contributed by atoms with Gasteiger partial charge in [-0.05, 0) is 68.0 Å². The Morgan fingerprint density at radius 3 is 2.53 bits per heavy atom. The van der Waals surface area contributed by atoms with Crippen LogP contribution in [0.1, 0.15) is 59.2 Å². The first-order valence-electron chi connectivity index (χ1n) is 10.6. The van der Waals surface area contributed by atoms with Crippen molar-refractivity contribution in [2.45, 2.75) is 44.6 Å². The van der Waals surface area contributed by atoms with E-state index in [1.807, 2.05) is 0 Å². The minimum absolute atomic E-state index is 0.0269. The number of amides is 2. The average molecular weight is 427 g/mol. The molecule has 2 aromatic rings. The number of hydrogen-bond acceptors (Lipinski definition) is 3. The fourth-order valence-corrected chi connectivity index (χ4v) is 4.91. The summed E-state index contributed by atoms with van der Waals surface area (Å²) in [6, 6.07) is 12.3. The molecule has 158 valence electrons. The molecule has 0 radical (unpaired) electrons. The van der Waals surface area contributed by atoms with Gasteiger partial charge in [-0.15, -0.1) is 0 Å². The Labute approximate surface area is 182 Å². The maximum atomic E-state index is 13.4. The minimum atomic E-state index is -0.242. The number of methoxy groups -OCH3 is 1. The van der Waals surface area contributed by atoms with Gasteiger partial charge >= 0.3 is 0 Å². The van der Waals surface area contributed by atoms with Crippen LogP contribution < -0.4 is 10.1 Å². The standard InChI is InChI=1S/C24H27ClN2O3/c1-30-22-15-19(26-23(28)17-8-10-18(25)11-9-17)12-13-20(22)24(29)27-14-4-6-16-5-2-3-7-21(16)27/h8-13,15-16,21H,2-7,14H2,1H3,(H,26,28)/t16-,21-/m0/s1. The van der Waals surface area contributed by atoms with Gasteiger partial charge in [0.25, 0.3) is 11.8 Å². The summed E-state index contributed by atoms with van der Waals surface area (Å²) in [6.07, 6.45) is 7.06. The van der Waals surface area contributed by atoms with Crippen molar-refractivity contribution in [1.82, 2.24) is 4.90 Å². The molecule has 0 aromatic heterocycles. The Bertz CT molecular complexity index is 927. The maximum absolute atomic E-state index is 13.4. The van der Waals surface area contributed by atoms with Crippen LogP contribution in [-0.4, -0.2) is 36.4 Å². The van der Waals surface area contributed by atoms with E-state index in [2.05, 4.69) is 10.2 Å². The molecule has 1 aliphatic heterocycles. The predicted octanol–water partition coefficient (Wildman–Crippen LogP) is 5.40. The number of piperidine rings is 1. The lowest BCUT2D eigenvalue weighted by atomic mass is 9.78. The van der Waals surface area contributed by atoms with Gasteiger partial charge in [0.15, 0.2) is 0 Å². The van der Waals surface area contributed by atoms with Crippen molar-refractivity contribution >= 4 is 29.1 Å². The van der Waals surface area contributed by atoms with Crippen molar-refractivity contribution in [2.24, 2.45) is 5.92 Å². The molecule has 4 rings (SSSR count). The van der Waals surface area contributed by atoms with Crippen LogP contribution in [0.4, 0.5) is 5.69 Å². The number of fused-ring (bicyclic) bond motifs is 1. The predicted molar refractivity (Wildman–Crippen MR) is 118 cm³/mol. The van der Waals surface area contributed by atoms with Gasteiger partial charge in [-0.25, -0.2) is 0 Å². The fraction of sp³-hybridized carbons (Fsp3) is 0.417. The summed E-state index contributed by atoms with van der Waals surface area (Å²) in [5, 5.41) is 3.43. The van der Waals surface area contributed by atoms with Gasteiger partial charge in [0.1, 0.15) is 5.75 Å². The second-order valence-corrected chi connectivity index (χ2v) is 8.57. The van der Waals surface area contributed by atoms with Gasteiger partial charge in [-0.3, -0.25) is 9.59 Å². The van der Waals surface area contributed by atoms with Gasteiger partial charge in [0.05, 0.1) is 12.7 Å². The highest BCUT2D eigenvalue weighted by molar-refractivity contribution is 6.30. The van der Waals surface area contributed by atoms with Crippen LogP contribution in [-0.2, 0) is 0 Å². The smallest absolute Gasteiger partial charge is 0.257 e. The van der Waals surface area contributed by atoms with Crippen LogP contribution in [0.25, 0.3) is 0 Å². The number of hydrogen-bond donors (Lipinski definition) is 1. The van der Waals surface area contributed by atoms with Crippen LogP contribution in [0.3, 0.4) is 0 Å². The molecule has 1 saturated heterocycles. The zero-order chi connectivity index (χ0) is 21.1. The SMILES string of the molecule is COc1cc(NC(=O)c2ccc(Cl)cc2)ccc1C(=O)N1CCC[C@@H]2CCCC[C@@H]21. The number of anilines is 1. The molecule has 0 spiro atoms. The normalized spacial score (nSPS) is 20.9. The maximum Gasteiger partial charge on any atom is 0.257 e. The summed E-state index contributed by atoms with van der Waals surface area (Å²) < 4.78 is 5.52. The summed E-state index contributed by atoms with van der Waals surface area (Å²) in [7, 11) is 1.55. The summed E-state index contributed by atoms with van der Waals surface area (Å²) in [5.41, 5.74) is 1.64. The molecule has 2 aromatic carbocycles. The van der Waals surface area contributed by atoms with E-state index in [4.69, 9.17) is 16.3 Å². The fourth-order valence-electron chi connectivity index (χ4n) is 4.78. The summed E-state index contributed by atoms with van der Waals surface area (Å²) in [6.45, 7) is 0.804. The van der Waals surface area contributed by atoms with E-state index in [1.165, 1.54) is 25.7 Å². The molecule has 6 heteroatoms. The third kappa shape index (κ3) is 4.31. The molecule has 2 amide bonds.